The van der Waals surface area contributed by atoms with Gasteiger partial charge in [-0.15, -0.1) is 18.3 Å². The van der Waals surface area contributed by atoms with E-state index in [1.54, 1.807) is 0 Å². The standard InChI is InChI=1S/C28H55N2O2P/c1-3-5-7-9-11-13-15-17-19-22-28(30-25-26-31,24-21-27-33(29)32)23-20-18-16-14-12-10-8-6-4-2/h3-4,29-31H,1-2,5-27H2. The lowest BCUT2D eigenvalue weighted by Crippen LogP contribution is -2.46. The minimum Gasteiger partial charge on any atom is -0.612 e. The molecule has 0 spiro atoms. The van der Waals surface area contributed by atoms with Gasteiger partial charge >= 0.3 is 0 Å². The largest absolute Gasteiger partial charge is 0.612 e. The second-order valence-corrected chi connectivity index (χ2v) is 10.9. The molecule has 194 valence electrons. The zero-order valence-corrected chi connectivity index (χ0v) is 22.5. The fourth-order valence-corrected chi connectivity index (χ4v) is 5.24. The fraction of sp³-hybridized carbons (Fsp3) is 0.857. The molecule has 0 bridgehead atoms. The predicted molar refractivity (Wildman–Crippen MR) is 145 cm³/mol. The van der Waals surface area contributed by atoms with Crippen LogP contribution in [0.3, 0.4) is 0 Å². The summed E-state index contributed by atoms with van der Waals surface area (Å²) in [6.07, 6.45) is 28.9. The Hall–Kier alpha value is -0.540. The maximum Gasteiger partial charge on any atom is 0.159 e. The van der Waals surface area contributed by atoms with Crippen LogP contribution in [-0.2, 0) is 0 Å². The van der Waals surface area contributed by atoms with Gasteiger partial charge in [-0.1, -0.05) is 89.2 Å². The van der Waals surface area contributed by atoms with Gasteiger partial charge in [0.15, 0.2) is 7.94 Å². The smallest absolute Gasteiger partial charge is 0.159 e. The van der Waals surface area contributed by atoms with Crippen molar-refractivity contribution >= 4 is 7.94 Å². The Labute approximate surface area is 207 Å². The van der Waals surface area contributed by atoms with Crippen molar-refractivity contribution in [2.75, 3.05) is 19.3 Å². The highest BCUT2D eigenvalue weighted by molar-refractivity contribution is 7.37. The van der Waals surface area contributed by atoms with E-state index in [1.165, 1.54) is 89.9 Å². The molecule has 0 fully saturated rings. The van der Waals surface area contributed by atoms with E-state index in [4.69, 9.17) is 5.16 Å². The highest BCUT2D eigenvalue weighted by Crippen LogP contribution is 2.30. The van der Waals surface area contributed by atoms with Crippen LogP contribution in [-0.4, -0.2) is 30.0 Å². The Bertz CT molecular complexity index is 445. The van der Waals surface area contributed by atoms with Gasteiger partial charge in [0, 0.05) is 12.1 Å². The topological polar surface area (TPSA) is 79.2 Å². The van der Waals surface area contributed by atoms with Crippen molar-refractivity contribution in [3.05, 3.63) is 25.3 Å². The summed E-state index contributed by atoms with van der Waals surface area (Å²) in [5.41, 5.74) is 0.0298. The van der Waals surface area contributed by atoms with Crippen LogP contribution in [0.4, 0.5) is 0 Å². The first-order valence-electron chi connectivity index (χ1n) is 13.8. The van der Waals surface area contributed by atoms with Gasteiger partial charge in [-0.3, -0.25) is 0 Å². The Morgan fingerprint density at radius 3 is 1.48 bits per heavy atom. The fourth-order valence-electron chi connectivity index (χ4n) is 4.79. The summed E-state index contributed by atoms with van der Waals surface area (Å²) < 4.78 is 0. The monoisotopic (exact) mass is 482 g/mol. The maximum absolute atomic E-state index is 11.3. The van der Waals surface area contributed by atoms with Crippen LogP contribution in [0.1, 0.15) is 128 Å². The number of hydrogen-bond acceptors (Lipinski definition) is 4. The van der Waals surface area contributed by atoms with Crippen LogP contribution < -0.4 is 10.2 Å². The lowest BCUT2D eigenvalue weighted by atomic mass is 9.82. The second kappa shape index (κ2) is 24.6. The van der Waals surface area contributed by atoms with Crippen molar-refractivity contribution in [3.63, 3.8) is 0 Å². The zero-order chi connectivity index (χ0) is 24.5. The van der Waals surface area contributed by atoms with Crippen LogP contribution in [0.2, 0.25) is 0 Å². The molecular formula is C28H55N2O2P. The lowest BCUT2D eigenvalue weighted by Gasteiger charge is -2.36. The van der Waals surface area contributed by atoms with Crippen LogP contribution in [0.5, 0.6) is 0 Å². The van der Waals surface area contributed by atoms with Gasteiger partial charge in [-0.05, 0) is 51.4 Å². The molecule has 1 unspecified atom stereocenters. The van der Waals surface area contributed by atoms with Crippen molar-refractivity contribution in [1.82, 2.24) is 5.32 Å². The van der Waals surface area contributed by atoms with Crippen molar-refractivity contribution in [1.29, 1.82) is 5.16 Å². The third kappa shape index (κ3) is 21.7. The van der Waals surface area contributed by atoms with Crippen molar-refractivity contribution in [2.24, 2.45) is 0 Å². The summed E-state index contributed by atoms with van der Waals surface area (Å²) in [5, 5.41) is 20.5. The Balaban J connectivity index is 4.43. The molecule has 33 heavy (non-hydrogen) atoms. The lowest BCUT2D eigenvalue weighted by molar-refractivity contribution is -0.156. The van der Waals surface area contributed by atoms with Gasteiger partial charge in [0.05, 0.1) is 6.61 Å². The Morgan fingerprint density at radius 1 is 0.697 bits per heavy atom. The number of β-amino-alcohol motifs (C(OH)–C–C–N with tert-alkyl or cyclic N) is 1. The van der Waals surface area contributed by atoms with Gasteiger partial charge in [0.25, 0.3) is 0 Å². The molecule has 0 amide bonds. The number of aliphatic hydroxyl groups is 1. The molecule has 0 aromatic rings. The molecular weight excluding hydrogens is 427 g/mol. The van der Waals surface area contributed by atoms with E-state index < -0.39 is 7.94 Å². The third-order valence-corrected chi connectivity index (χ3v) is 7.48. The first-order chi connectivity index (χ1) is 16.1. The minimum atomic E-state index is -1.81. The highest BCUT2D eigenvalue weighted by Gasteiger charge is 2.28. The van der Waals surface area contributed by atoms with Crippen molar-refractivity contribution < 1.29 is 10.00 Å². The van der Waals surface area contributed by atoms with E-state index in [-0.39, 0.29) is 12.1 Å². The highest BCUT2D eigenvalue weighted by atomic mass is 31.1. The normalized spacial score (nSPS) is 12.1. The molecule has 1 atom stereocenters. The molecule has 0 aliphatic carbocycles. The van der Waals surface area contributed by atoms with E-state index >= 15 is 0 Å². The van der Waals surface area contributed by atoms with Crippen LogP contribution in [0.15, 0.2) is 25.3 Å². The van der Waals surface area contributed by atoms with E-state index in [9.17, 15) is 10.00 Å². The molecule has 0 aliphatic heterocycles. The number of unbranched alkanes of at least 4 members (excludes halogenated alkanes) is 14. The number of aliphatic hydroxyl groups excluding tert-OH is 1. The molecule has 0 rings (SSSR count). The van der Waals surface area contributed by atoms with Crippen LogP contribution in [0, 0.1) is 5.16 Å². The number of hydrogen-bond donors (Lipinski definition) is 3. The molecule has 0 aromatic heterocycles. The van der Waals surface area contributed by atoms with Crippen LogP contribution >= 0.6 is 7.94 Å². The first kappa shape index (κ1) is 32.5. The molecule has 0 radical (unpaired) electrons. The van der Waals surface area contributed by atoms with E-state index in [0.29, 0.717) is 12.7 Å². The Morgan fingerprint density at radius 2 is 1.09 bits per heavy atom. The number of nitrogens with one attached hydrogen (secondary N) is 2. The summed E-state index contributed by atoms with van der Waals surface area (Å²) in [6, 6.07) is 0. The molecule has 3 N–H and O–H groups in total. The summed E-state index contributed by atoms with van der Waals surface area (Å²) in [6.45, 7) is 8.37. The molecule has 0 aliphatic rings. The average Bonchev–Trinajstić information content (AvgIpc) is 2.80. The summed E-state index contributed by atoms with van der Waals surface area (Å²) >= 11 is 0. The van der Waals surface area contributed by atoms with Crippen molar-refractivity contribution in [2.45, 2.75) is 134 Å². The van der Waals surface area contributed by atoms with Gasteiger partial charge in [-0.2, -0.15) is 0 Å². The van der Waals surface area contributed by atoms with Gasteiger partial charge in [0.2, 0.25) is 0 Å². The van der Waals surface area contributed by atoms with Crippen LogP contribution in [0.25, 0.3) is 0 Å². The minimum absolute atomic E-state index is 0.0298. The predicted octanol–water partition coefficient (Wildman–Crippen LogP) is 8.00. The quantitative estimate of drug-likeness (QED) is 0.0630. The van der Waals surface area contributed by atoms with E-state index in [2.05, 4.69) is 18.5 Å². The second-order valence-electron chi connectivity index (χ2n) is 9.74. The molecule has 5 heteroatoms. The third-order valence-electron chi connectivity index (χ3n) is 6.76. The van der Waals surface area contributed by atoms with Crippen molar-refractivity contribution in [3.8, 4) is 0 Å². The van der Waals surface area contributed by atoms with E-state index in [0.717, 1.165) is 38.5 Å². The average molecular weight is 483 g/mol. The molecule has 4 nitrogen and oxygen atoms in total. The summed E-state index contributed by atoms with van der Waals surface area (Å²) in [5.74, 6) is 0. The maximum atomic E-state index is 11.3. The summed E-state index contributed by atoms with van der Waals surface area (Å²) in [4.78, 5) is 11.3. The molecule has 0 aromatic carbocycles. The zero-order valence-electron chi connectivity index (χ0n) is 21.6. The summed E-state index contributed by atoms with van der Waals surface area (Å²) in [7, 11) is -1.81. The SMILES string of the molecule is C=CCCCCCCCCCC(CCCCCCCCCC=C)(CCC[P+](=N)[O-])NCCO. The number of allylic oxidation sites excluding steroid dienone is 2. The van der Waals surface area contributed by atoms with Gasteiger partial charge in [0.1, 0.15) is 6.16 Å². The number of rotatable bonds is 27. The molecule has 0 heterocycles. The molecule has 0 saturated heterocycles. The first-order valence-corrected chi connectivity index (χ1v) is 15.3. The Kier molecular flexibility index (Phi) is 24.2. The van der Waals surface area contributed by atoms with Gasteiger partial charge in [-0.25, -0.2) is 0 Å². The van der Waals surface area contributed by atoms with Gasteiger partial charge < -0.3 is 15.3 Å². The molecule has 0 saturated carbocycles. The van der Waals surface area contributed by atoms with E-state index in [1.807, 2.05) is 12.2 Å².